The Kier molecular flexibility index (Phi) is 5.89. The number of halogens is 1. The minimum Gasteiger partial charge on any atom is -0.360 e. The van der Waals surface area contributed by atoms with Crippen LogP contribution >= 0.6 is 15.9 Å². The van der Waals surface area contributed by atoms with Gasteiger partial charge in [0.15, 0.2) is 0 Å². The second-order valence-corrected chi connectivity index (χ2v) is 5.91. The van der Waals surface area contributed by atoms with Gasteiger partial charge in [-0.05, 0) is 30.7 Å². The first-order chi connectivity index (χ1) is 10.6. The summed E-state index contributed by atoms with van der Waals surface area (Å²) < 4.78 is 0.965. The van der Waals surface area contributed by atoms with Gasteiger partial charge in [-0.3, -0.25) is 4.79 Å². The molecule has 116 valence electrons. The summed E-state index contributed by atoms with van der Waals surface area (Å²) in [4.78, 5) is 22.6. The van der Waals surface area contributed by atoms with Crippen LogP contribution in [0.25, 0.3) is 0 Å². The molecule has 0 aliphatic rings. The van der Waals surface area contributed by atoms with Gasteiger partial charge in [0.1, 0.15) is 17.8 Å². The average molecular weight is 363 g/mol. The first-order valence-electron chi connectivity index (χ1n) is 7.20. The van der Waals surface area contributed by atoms with Crippen LogP contribution in [0.4, 0.5) is 11.5 Å². The Labute approximate surface area is 138 Å². The number of unbranched alkanes of at least 4 members (excludes halogenated alkanes) is 1. The van der Waals surface area contributed by atoms with Crippen molar-refractivity contribution in [1.29, 1.82) is 0 Å². The second-order valence-electron chi connectivity index (χ2n) is 5.00. The molecule has 0 atom stereocenters. The van der Waals surface area contributed by atoms with Crippen LogP contribution in [-0.2, 0) is 0 Å². The number of carbonyl (C=O) groups is 1. The molecule has 0 saturated carbocycles. The molecule has 1 N–H and O–H groups in total. The van der Waals surface area contributed by atoms with Crippen molar-refractivity contribution in [2.24, 2.45) is 0 Å². The highest BCUT2D eigenvalue weighted by Gasteiger charge is 2.11. The molecule has 2 rings (SSSR count). The van der Waals surface area contributed by atoms with Crippen molar-refractivity contribution in [1.82, 2.24) is 9.97 Å². The number of amides is 1. The number of benzene rings is 1. The molecule has 0 radical (unpaired) electrons. The van der Waals surface area contributed by atoms with Crippen LogP contribution in [0.15, 0.2) is 41.1 Å². The highest BCUT2D eigenvalue weighted by Crippen LogP contribution is 2.16. The summed E-state index contributed by atoms with van der Waals surface area (Å²) >= 11 is 3.36. The number of hydrogen-bond acceptors (Lipinski definition) is 4. The lowest BCUT2D eigenvalue weighted by atomic mass is 10.3. The number of carbonyl (C=O) groups excluding carboxylic acids is 1. The first kappa shape index (κ1) is 16.4. The van der Waals surface area contributed by atoms with Gasteiger partial charge in [0.2, 0.25) is 0 Å². The van der Waals surface area contributed by atoms with E-state index in [4.69, 9.17) is 0 Å². The molecular formula is C16H19BrN4O. The molecule has 0 unspecified atom stereocenters. The second kappa shape index (κ2) is 7.89. The Hall–Kier alpha value is -1.95. The number of hydrogen-bond donors (Lipinski definition) is 1. The normalized spacial score (nSPS) is 10.3. The summed E-state index contributed by atoms with van der Waals surface area (Å²) in [5.74, 6) is 0.513. The molecule has 0 aliphatic carbocycles. The fourth-order valence-corrected chi connectivity index (χ4v) is 2.18. The Morgan fingerprint density at radius 3 is 2.68 bits per heavy atom. The third-order valence-corrected chi connectivity index (χ3v) is 3.75. The summed E-state index contributed by atoms with van der Waals surface area (Å²) in [5, 5.41) is 2.83. The zero-order valence-corrected chi connectivity index (χ0v) is 14.3. The van der Waals surface area contributed by atoms with Crippen molar-refractivity contribution in [2.45, 2.75) is 19.8 Å². The zero-order valence-electron chi connectivity index (χ0n) is 12.7. The van der Waals surface area contributed by atoms with Gasteiger partial charge in [0, 0.05) is 29.8 Å². The van der Waals surface area contributed by atoms with Gasteiger partial charge >= 0.3 is 0 Å². The summed E-state index contributed by atoms with van der Waals surface area (Å²) in [6, 6.07) is 9.12. The lowest BCUT2D eigenvalue weighted by Crippen LogP contribution is -2.21. The number of anilines is 2. The third-order valence-electron chi connectivity index (χ3n) is 3.23. The molecule has 2 aromatic rings. The fraction of sp³-hybridized carbons (Fsp3) is 0.312. The number of rotatable bonds is 6. The molecule has 0 bridgehead atoms. The van der Waals surface area contributed by atoms with Crippen molar-refractivity contribution in [2.75, 3.05) is 23.8 Å². The van der Waals surface area contributed by atoms with Crippen LogP contribution in [0.3, 0.4) is 0 Å². The molecule has 5 nitrogen and oxygen atoms in total. The standard InChI is InChI=1S/C16H19BrN4O/c1-3-4-9-21(2)15-10-14(18-11-19-15)16(22)20-13-7-5-12(17)6-8-13/h5-8,10-11H,3-4,9H2,1-2H3,(H,20,22). The quantitative estimate of drug-likeness (QED) is 0.850. The monoisotopic (exact) mass is 362 g/mol. The van der Waals surface area contributed by atoms with Crippen LogP contribution in [0, 0.1) is 0 Å². The maximum Gasteiger partial charge on any atom is 0.274 e. The molecule has 1 heterocycles. The van der Waals surface area contributed by atoms with Crippen LogP contribution in [0.5, 0.6) is 0 Å². The van der Waals surface area contributed by atoms with Crippen molar-refractivity contribution in [3.05, 3.63) is 46.8 Å². The van der Waals surface area contributed by atoms with Crippen LogP contribution in [0.1, 0.15) is 30.3 Å². The van der Waals surface area contributed by atoms with E-state index in [0.717, 1.165) is 35.4 Å². The fourth-order valence-electron chi connectivity index (χ4n) is 1.92. The Morgan fingerprint density at radius 1 is 1.27 bits per heavy atom. The highest BCUT2D eigenvalue weighted by atomic mass is 79.9. The van der Waals surface area contributed by atoms with Crippen molar-refractivity contribution >= 4 is 33.3 Å². The zero-order chi connectivity index (χ0) is 15.9. The lowest BCUT2D eigenvalue weighted by molar-refractivity contribution is 0.102. The van der Waals surface area contributed by atoms with Gasteiger partial charge in [-0.1, -0.05) is 29.3 Å². The van der Waals surface area contributed by atoms with Gasteiger partial charge < -0.3 is 10.2 Å². The van der Waals surface area contributed by atoms with Crippen LogP contribution in [-0.4, -0.2) is 29.5 Å². The maximum absolute atomic E-state index is 12.3. The van der Waals surface area contributed by atoms with Gasteiger partial charge in [-0.25, -0.2) is 9.97 Å². The minimum atomic E-state index is -0.241. The van der Waals surface area contributed by atoms with Gasteiger partial charge in [-0.15, -0.1) is 0 Å². The van der Waals surface area contributed by atoms with E-state index in [1.165, 1.54) is 6.33 Å². The molecule has 1 amide bonds. The minimum absolute atomic E-state index is 0.241. The van der Waals surface area contributed by atoms with E-state index in [-0.39, 0.29) is 5.91 Å². The summed E-state index contributed by atoms with van der Waals surface area (Å²) in [5.41, 5.74) is 1.09. The van der Waals surface area contributed by atoms with Crippen molar-refractivity contribution in [3.63, 3.8) is 0 Å². The summed E-state index contributed by atoms with van der Waals surface area (Å²) in [6.45, 7) is 3.05. The third kappa shape index (κ3) is 4.53. The van der Waals surface area contributed by atoms with Crippen LogP contribution < -0.4 is 10.2 Å². The Balaban J connectivity index is 2.08. The number of nitrogens with zero attached hydrogens (tertiary/aromatic N) is 3. The van der Waals surface area contributed by atoms with E-state index in [0.29, 0.717) is 5.69 Å². The van der Waals surface area contributed by atoms with Crippen molar-refractivity contribution in [3.8, 4) is 0 Å². The molecule has 1 aromatic carbocycles. The van der Waals surface area contributed by atoms with E-state index in [2.05, 4.69) is 38.1 Å². The summed E-state index contributed by atoms with van der Waals surface area (Å²) in [7, 11) is 1.97. The van der Waals surface area contributed by atoms with E-state index in [9.17, 15) is 4.79 Å². The molecule has 0 saturated heterocycles. The summed E-state index contributed by atoms with van der Waals surface area (Å²) in [6.07, 6.45) is 3.63. The Bertz CT molecular complexity index is 630. The number of aromatic nitrogens is 2. The maximum atomic E-state index is 12.3. The van der Waals surface area contributed by atoms with E-state index < -0.39 is 0 Å². The largest absolute Gasteiger partial charge is 0.360 e. The van der Waals surface area contributed by atoms with Gasteiger partial charge in [0.25, 0.3) is 5.91 Å². The molecule has 0 fully saturated rings. The van der Waals surface area contributed by atoms with Crippen molar-refractivity contribution < 1.29 is 4.79 Å². The average Bonchev–Trinajstić information content (AvgIpc) is 2.54. The smallest absolute Gasteiger partial charge is 0.274 e. The molecular weight excluding hydrogens is 344 g/mol. The molecule has 0 aliphatic heterocycles. The molecule has 22 heavy (non-hydrogen) atoms. The predicted molar refractivity (Wildman–Crippen MR) is 92.3 cm³/mol. The molecule has 6 heteroatoms. The predicted octanol–water partition coefficient (Wildman–Crippen LogP) is 3.73. The molecule has 1 aromatic heterocycles. The topological polar surface area (TPSA) is 58.1 Å². The molecule has 0 spiro atoms. The SMILES string of the molecule is CCCCN(C)c1cc(C(=O)Nc2ccc(Br)cc2)ncn1. The first-order valence-corrected chi connectivity index (χ1v) is 7.99. The highest BCUT2D eigenvalue weighted by molar-refractivity contribution is 9.10. The van der Waals surface area contributed by atoms with Crippen LogP contribution in [0.2, 0.25) is 0 Å². The van der Waals surface area contributed by atoms with E-state index in [1.807, 2.05) is 36.2 Å². The van der Waals surface area contributed by atoms with Gasteiger partial charge in [0.05, 0.1) is 0 Å². The number of nitrogens with one attached hydrogen (secondary N) is 1. The lowest BCUT2D eigenvalue weighted by Gasteiger charge is -2.17. The van der Waals surface area contributed by atoms with E-state index in [1.54, 1.807) is 6.07 Å². The van der Waals surface area contributed by atoms with Gasteiger partial charge in [-0.2, -0.15) is 0 Å². The van der Waals surface area contributed by atoms with E-state index >= 15 is 0 Å². The Morgan fingerprint density at radius 2 is 2.00 bits per heavy atom.